The molecule has 4 heteroatoms. The van der Waals surface area contributed by atoms with E-state index in [0.29, 0.717) is 23.2 Å². The van der Waals surface area contributed by atoms with E-state index >= 15 is 0 Å². The van der Waals surface area contributed by atoms with Gasteiger partial charge in [-0.2, -0.15) is 0 Å². The number of nitrogens with one attached hydrogen (secondary N) is 1. The van der Waals surface area contributed by atoms with Crippen LogP contribution in [0.2, 0.25) is 10.0 Å². The Morgan fingerprint density at radius 3 is 2.65 bits per heavy atom. The van der Waals surface area contributed by atoms with Crippen LogP contribution in [0.4, 0.5) is 5.69 Å². The Morgan fingerprint density at radius 2 is 1.90 bits per heavy atom. The number of benzene rings is 2. The minimum absolute atomic E-state index is 0.614. The first-order valence-corrected chi connectivity index (χ1v) is 7.36. The first kappa shape index (κ1) is 15.0. The van der Waals surface area contributed by atoms with Gasteiger partial charge in [0.15, 0.2) is 0 Å². The molecule has 0 heterocycles. The second kappa shape index (κ2) is 7.41. The number of rotatable bonds is 6. The molecule has 0 saturated heterocycles. The highest BCUT2D eigenvalue weighted by molar-refractivity contribution is 6.33. The van der Waals surface area contributed by atoms with Crippen molar-refractivity contribution >= 4 is 28.9 Å². The van der Waals surface area contributed by atoms with Gasteiger partial charge in [-0.15, -0.1) is 0 Å². The van der Waals surface area contributed by atoms with Gasteiger partial charge in [-0.05, 0) is 36.8 Å². The second-order valence-electron chi connectivity index (χ2n) is 4.43. The molecule has 20 heavy (non-hydrogen) atoms. The number of para-hydroxylation sites is 1. The second-order valence-corrected chi connectivity index (χ2v) is 5.28. The zero-order chi connectivity index (χ0) is 14.4. The predicted octanol–water partition coefficient (Wildman–Crippen LogP) is 5.39. The van der Waals surface area contributed by atoms with Crippen LogP contribution in [0, 0.1) is 0 Å². The van der Waals surface area contributed by atoms with E-state index in [2.05, 4.69) is 12.2 Å². The lowest BCUT2D eigenvalue weighted by atomic mass is 10.2. The van der Waals surface area contributed by atoms with Crippen molar-refractivity contribution in [2.75, 3.05) is 11.9 Å². The molecule has 0 aromatic heterocycles. The lowest BCUT2D eigenvalue weighted by molar-refractivity contribution is 0.314. The molecule has 2 aromatic rings. The Balaban J connectivity index is 2.11. The fraction of sp³-hybridized carbons (Fsp3) is 0.250. The third-order valence-corrected chi connectivity index (χ3v) is 3.39. The number of hydrogen-bond donors (Lipinski definition) is 1. The van der Waals surface area contributed by atoms with Crippen LogP contribution >= 0.6 is 23.2 Å². The molecule has 2 rings (SSSR count). The summed E-state index contributed by atoms with van der Waals surface area (Å²) >= 11 is 12.2. The van der Waals surface area contributed by atoms with Gasteiger partial charge >= 0.3 is 0 Å². The van der Waals surface area contributed by atoms with Crippen molar-refractivity contribution in [1.82, 2.24) is 0 Å². The summed E-state index contributed by atoms with van der Waals surface area (Å²) in [6.07, 6.45) is 0.972. The van der Waals surface area contributed by atoms with Crippen molar-refractivity contribution in [2.45, 2.75) is 19.9 Å². The SMILES string of the molecule is CCCOc1ccc(Cl)cc1CNc1ccccc1Cl. The van der Waals surface area contributed by atoms with Gasteiger partial charge in [-0.1, -0.05) is 42.3 Å². The van der Waals surface area contributed by atoms with Crippen molar-refractivity contribution in [3.63, 3.8) is 0 Å². The van der Waals surface area contributed by atoms with Crippen molar-refractivity contribution in [3.05, 3.63) is 58.1 Å². The Kier molecular flexibility index (Phi) is 5.57. The molecule has 0 bridgehead atoms. The fourth-order valence-corrected chi connectivity index (χ4v) is 2.23. The van der Waals surface area contributed by atoms with E-state index in [9.17, 15) is 0 Å². The topological polar surface area (TPSA) is 21.3 Å². The molecule has 0 aliphatic rings. The van der Waals surface area contributed by atoms with Crippen molar-refractivity contribution in [2.24, 2.45) is 0 Å². The van der Waals surface area contributed by atoms with Crippen molar-refractivity contribution in [1.29, 1.82) is 0 Å². The van der Waals surface area contributed by atoms with Crippen molar-refractivity contribution < 1.29 is 4.74 Å². The van der Waals surface area contributed by atoms with Crippen LogP contribution < -0.4 is 10.1 Å². The maximum Gasteiger partial charge on any atom is 0.124 e. The summed E-state index contributed by atoms with van der Waals surface area (Å²) in [6.45, 7) is 3.39. The van der Waals surface area contributed by atoms with E-state index in [1.165, 1.54) is 0 Å². The van der Waals surface area contributed by atoms with Gasteiger partial charge in [-0.25, -0.2) is 0 Å². The summed E-state index contributed by atoms with van der Waals surface area (Å²) in [5.41, 5.74) is 1.92. The molecule has 0 unspecified atom stereocenters. The lowest BCUT2D eigenvalue weighted by Crippen LogP contribution is -2.04. The Hall–Kier alpha value is -1.38. The van der Waals surface area contributed by atoms with Gasteiger partial charge < -0.3 is 10.1 Å². The van der Waals surface area contributed by atoms with E-state index in [1.807, 2.05) is 42.5 Å². The quantitative estimate of drug-likeness (QED) is 0.772. The third-order valence-electron chi connectivity index (χ3n) is 2.83. The normalized spacial score (nSPS) is 10.3. The molecule has 2 aromatic carbocycles. The number of hydrogen-bond acceptors (Lipinski definition) is 2. The summed E-state index contributed by atoms with van der Waals surface area (Å²) in [4.78, 5) is 0. The average molecular weight is 310 g/mol. The molecule has 0 aliphatic carbocycles. The van der Waals surface area contributed by atoms with E-state index < -0.39 is 0 Å². The maximum absolute atomic E-state index is 6.13. The van der Waals surface area contributed by atoms with Gasteiger partial charge in [0, 0.05) is 17.1 Å². The summed E-state index contributed by atoms with van der Waals surface area (Å²) < 4.78 is 5.73. The average Bonchev–Trinajstić information content (AvgIpc) is 2.45. The van der Waals surface area contributed by atoms with Crippen LogP contribution in [0.25, 0.3) is 0 Å². The van der Waals surface area contributed by atoms with Gasteiger partial charge in [0.25, 0.3) is 0 Å². The maximum atomic E-state index is 6.13. The largest absolute Gasteiger partial charge is 0.493 e. The van der Waals surface area contributed by atoms with E-state index in [0.717, 1.165) is 23.4 Å². The van der Waals surface area contributed by atoms with Crippen LogP contribution in [0.3, 0.4) is 0 Å². The number of halogens is 2. The molecule has 2 nitrogen and oxygen atoms in total. The monoisotopic (exact) mass is 309 g/mol. The molecular formula is C16H17Cl2NO. The van der Waals surface area contributed by atoms with Crippen LogP contribution in [-0.2, 0) is 6.54 Å². The minimum atomic E-state index is 0.614. The third kappa shape index (κ3) is 4.06. The molecule has 0 fully saturated rings. The highest BCUT2D eigenvalue weighted by Gasteiger charge is 2.06. The summed E-state index contributed by atoms with van der Waals surface area (Å²) in [5.74, 6) is 0.857. The summed E-state index contributed by atoms with van der Waals surface area (Å²) in [7, 11) is 0. The van der Waals surface area contributed by atoms with E-state index in [4.69, 9.17) is 27.9 Å². The Bertz CT molecular complexity index is 572. The fourth-order valence-electron chi connectivity index (χ4n) is 1.83. The number of ether oxygens (including phenoxy) is 1. The highest BCUT2D eigenvalue weighted by atomic mass is 35.5. The number of anilines is 1. The lowest BCUT2D eigenvalue weighted by Gasteiger charge is -2.13. The molecule has 0 spiro atoms. The van der Waals surface area contributed by atoms with Crippen LogP contribution in [0.15, 0.2) is 42.5 Å². The minimum Gasteiger partial charge on any atom is -0.493 e. The summed E-state index contributed by atoms with van der Waals surface area (Å²) in [6, 6.07) is 13.3. The van der Waals surface area contributed by atoms with Gasteiger partial charge in [0.05, 0.1) is 17.3 Å². The zero-order valence-corrected chi connectivity index (χ0v) is 12.8. The van der Waals surface area contributed by atoms with Gasteiger partial charge in [0.1, 0.15) is 5.75 Å². The Labute approximate surface area is 129 Å². The van der Waals surface area contributed by atoms with Crippen LogP contribution in [-0.4, -0.2) is 6.61 Å². The highest BCUT2D eigenvalue weighted by Crippen LogP contribution is 2.26. The molecular weight excluding hydrogens is 293 g/mol. The first-order chi connectivity index (χ1) is 9.70. The summed E-state index contributed by atoms with van der Waals surface area (Å²) in [5, 5.41) is 4.70. The Morgan fingerprint density at radius 1 is 1.10 bits per heavy atom. The van der Waals surface area contributed by atoms with Crippen LogP contribution in [0.1, 0.15) is 18.9 Å². The molecule has 0 amide bonds. The standard InChI is InChI=1S/C16H17Cl2NO/c1-2-9-20-16-8-7-13(17)10-12(16)11-19-15-6-4-3-5-14(15)18/h3-8,10,19H,2,9,11H2,1H3. The van der Waals surface area contributed by atoms with Gasteiger partial charge in [-0.3, -0.25) is 0 Å². The molecule has 0 aliphatic heterocycles. The predicted molar refractivity (Wildman–Crippen MR) is 86.0 cm³/mol. The zero-order valence-electron chi connectivity index (χ0n) is 11.3. The molecule has 1 N–H and O–H groups in total. The van der Waals surface area contributed by atoms with E-state index in [-0.39, 0.29) is 0 Å². The van der Waals surface area contributed by atoms with Crippen molar-refractivity contribution in [3.8, 4) is 5.75 Å². The molecule has 0 radical (unpaired) electrons. The van der Waals surface area contributed by atoms with Crippen LogP contribution in [0.5, 0.6) is 5.75 Å². The van der Waals surface area contributed by atoms with E-state index in [1.54, 1.807) is 0 Å². The molecule has 106 valence electrons. The van der Waals surface area contributed by atoms with Gasteiger partial charge in [0.2, 0.25) is 0 Å². The smallest absolute Gasteiger partial charge is 0.124 e. The first-order valence-electron chi connectivity index (χ1n) is 6.60. The molecule has 0 atom stereocenters. The molecule has 0 saturated carbocycles.